The molecule has 1 fully saturated rings. The first-order chi connectivity index (χ1) is 10.8. The number of aromatic nitrogens is 5. The van der Waals surface area contributed by atoms with Gasteiger partial charge >= 0.3 is 0 Å². The van der Waals surface area contributed by atoms with Crippen LogP contribution >= 0.6 is 0 Å². The van der Waals surface area contributed by atoms with Crippen LogP contribution in [-0.2, 0) is 0 Å². The molecule has 112 valence electrons. The Hall–Kier alpha value is -2.54. The number of imidazole rings is 1. The summed E-state index contributed by atoms with van der Waals surface area (Å²) in [4.78, 5) is 17.7. The second kappa shape index (κ2) is 5.34. The third-order valence-corrected chi connectivity index (χ3v) is 3.85. The van der Waals surface area contributed by atoms with E-state index >= 15 is 0 Å². The number of fused-ring (bicyclic) bond motifs is 1. The fourth-order valence-corrected chi connectivity index (χ4v) is 2.72. The number of hydrogen-bond donors (Lipinski definition) is 2. The van der Waals surface area contributed by atoms with E-state index in [0.29, 0.717) is 6.04 Å². The number of aryl methyl sites for hydroxylation is 1. The minimum Gasteiger partial charge on any atom is -0.365 e. The summed E-state index contributed by atoms with van der Waals surface area (Å²) in [6.45, 7) is 3.96. The zero-order chi connectivity index (χ0) is 14.9. The third kappa shape index (κ3) is 2.39. The van der Waals surface area contributed by atoms with Gasteiger partial charge in [-0.15, -0.1) is 0 Å². The highest BCUT2D eigenvalue weighted by Gasteiger charge is 2.15. The van der Waals surface area contributed by atoms with Crippen LogP contribution in [-0.4, -0.2) is 43.6 Å². The number of nitrogens with zero attached hydrogens (tertiary/aromatic N) is 5. The maximum absolute atomic E-state index is 4.65. The Morgan fingerprint density at radius 3 is 3.09 bits per heavy atom. The van der Waals surface area contributed by atoms with E-state index in [9.17, 15) is 0 Å². The predicted molar refractivity (Wildman–Crippen MR) is 84.1 cm³/mol. The Bertz CT molecular complexity index is 805. The van der Waals surface area contributed by atoms with Gasteiger partial charge in [0.15, 0.2) is 5.82 Å². The van der Waals surface area contributed by atoms with Crippen molar-refractivity contribution in [1.29, 1.82) is 0 Å². The summed E-state index contributed by atoms with van der Waals surface area (Å²) in [5.74, 6) is 1.53. The number of nitrogens with one attached hydrogen (secondary N) is 2. The van der Waals surface area contributed by atoms with Crippen molar-refractivity contribution in [1.82, 2.24) is 29.8 Å². The smallest absolute Gasteiger partial charge is 0.159 e. The van der Waals surface area contributed by atoms with Gasteiger partial charge < -0.3 is 10.6 Å². The molecule has 3 aromatic heterocycles. The molecule has 0 unspecified atom stereocenters. The van der Waals surface area contributed by atoms with Crippen molar-refractivity contribution >= 4 is 16.9 Å². The molecule has 0 radical (unpaired) electrons. The summed E-state index contributed by atoms with van der Waals surface area (Å²) in [6.07, 6.45) is 8.17. The van der Waals surface area contributed by atoms with Crippen molar-refractivity contribution in [2.45, 2.75) is 19.4 Å². The number of pyridine rings is 1. The Labute approximate surface area is 127 Å². The zero-order valence-electron chi connectivity index (χ0n) is 12.3. The monoisotopic (exact) mass is 295 g/mol. The first-order valence-electron chi connectivity index (χ1n) is 7.39. The highest BCUT2D eigenvalue weighted by Crippen LogP contribution is 2.17. The number of rotatable bonds is 3. The van der Waals surface area contributed by atoms with Gasteiger partial charge in [-0.25, -0.2) is 9.97 Å². The van der Waals surface area contributed by atoms with Crippen LogP contribution < -0.4 is 10.6 Å². The van der Waals surface area contributed by atoms with E-state index in [2.05, 4.69) is 30.6 Å². The molecule has 3 aromatic rings. The topological polar surface area (TPSA) is 80.5 Å². The van der Waals surface area contributed by atoms with Crippen LogP contribution in [0.2, 0.25) is 0 Å². The van der Waals surface area contributed by atoms with E-state index in [-0.39, 0.29) is 0 Å². The minimum atomic E-state index is 0.411. The quantitative estimate of drug-likeness (QED) is 0.758. The first kappa shape index (κ1) is 13.1. The fraction of sp³-hybridized carbons (Fsp3) is 0.333. The lowest BCUT2D eigenvalue weighted by atomic mass is 10.3. The van der Waals surface area contributed by atoms with E-state index in [1.807, 2.05) is 23.8 Å². The second-order valence-electron chi connectivity index (χ2n) is 5.53. The summed E-state index contributed by atoms with van der Waals surface area (Å²) >= 11 is 0. The molecule has 0 aromatic carbocycles. The second-order valence-corrected chi connectivity index (χ2v) is 5.53. The van der Waals surface area contributed by atoms with E-state index in [4.69, 9.17) is 0 Å². The predicted octanol–water partition coefficient (Wildman–Crippen LogP) is 1.29. The van der Waals surface area contributed by atoms with E-state index in [0.717, 1.165) is 47.9 Å². The molecule has 0 saturated carbocycles. The fourth-order valence-electron chi connectivity index (χ4n) is 2.72. The van der Waals surface area contributed by atoms with Crippen LogP contribution in [0.1, 0.15) is 12.1 Å². The van der Waals surface area contributed by atoms with Crippen molar-refractivity contribution in [3.63, 3.8) is 0 Å². The van der Waals surface area contributed by atoms with Gasteiger partial charge in [-0.3, -0.25) is 14.5 Å². The highest BCUT2D eigenvalue weighted by molar-refractivity contribution is 5.76. The molecule has 1 aliphatic rings. The van der Waals surface area contributed by atoms with Crippen LogP contribution in [0.5, 0.6) is 0 Å². The van der Waals surface area contributed by atoms with Crippen molar-refractivity contribution in [3.8, 4) is 5.82 Å². The molecule has 4 heterocycles. The lowest BCUT2D eigenvalue weighted by molar-refractivity contribution is 0.785. The van der Waals surface area contributed by atoms with Crippen LogP contribution in [0.25, 0.3) is 16.9 Å². The molecule has 1 aliphatic heterocycles. The standard InChI is InChI=1S/C15H17N7/c1-10-4-12-13(6-18-10)22(9-19-12)15-8-17-7-14(21-15)20-11-2-3-16-5-11/h4,6-9,11,16H,2-3,5H2,1H3,(H,20,21)/t11-/m1/s1. The molecule has 1 atom stereocenters. The maximum Gasteiger partial charge on any atom is 0.159 e. The van der Waals surface area contributed by atoms with Gasteiger partial charge in [0.25, 0.3) is 0 Å². The molecule has 7 heteroatoms. The summed E-state index contributed by atoms with van der Waals surface area (Å²) in [7, 11) is 0. The van der Waals surface area contributed by atoms with E-state index in [1.54, 1.807) is 18.7 Å². The maximum atomic E-state index is 4.65. The first-order valence-corrected chi connectivity index (χ1v) is 7.39. The molecule has 0 spiro atoms. The summed E-state index contributed by atoms with van der Waals surface area (Å²) in [5, 5.41) is 6.74. The number of anilines is 1. The molecule has 0 bridgehead atoms. The Morgan fingerprint density at radius 2 is 2.23 bits per heavy atom. The van der Waals surface area contributed by atoms with Gasteiger partial charge in [0.1, 0.15) is 12.1 Å². The minimum absolute atomic E-state index is 0.411. The summed E-state index contributed by atoms with van der Waals surface area (Å²) in [6, 6.07) is 2.37. The molecule has 22 heavy (non-hydrogen) atoms. The molecular weight excluding hydrogens is 278 g/mol. The van der Waals surface area contributed by atoms with Crippen LogP contribution in [0.3, 0.4) is 0 Å². The van der Waals surface area contributed by atoms with Crippen LogP contribution in [0.15, 0.2) is 31.0 Å². The van der Waals surface area contributed by atoms with Gasteiger partial charge in [-0.2, -0.15) is 0 Å². The van der Waals surface area contributed by atoms with Crippen molar-refractivity contribution in [2.24, 2.45) is 0 Å². The zero-order valence-corrected chi connectivity index (χ0v) is 12.3. The average molecular weight is 295 g/mol. The highest BCUT2D eigenvalue weighted by atomic mass is 15.2. The molecule has 2 N–H and O–H groups in total. The van der Waals surface area contributed by atoms with Crippen LogP contribution in [0.4, 0.5) is 5.82 Å². The average Bonchev–Trinajstić information content (AvgIpc) is 3.16. The molecule has 0 aliphatic carbocycles. The Morgan fingerprint density at radius 1 is 1.27 bits per heavy atom. The third-order valence-electron chi connectivity index (χ3n) is 3.85. The van der Waals surface area contributed by atoms with Crippen molar-refractivity contribution < 1.29 is 0 Å². The van der Waals surface area contributed by atoms with Crippen LogP contribution in [0, 0.1) is 6.92 Å². The van der Waals surface area contributed by atoms with Gasteiger partial charge in [-0.05, 0) is 26.0 Å². The lowest BCUT2D eigenvalue weighted by Gasteiger charge is -2.12. The van der Waals surface area contributed by atoms with Crippen molar-refractivity contribution in [3.05, 3.63) is 36.7 Å². The summed E-state index contributed by atoms with van der Waals surface area (Å²) in [5.41, 5.74) is 2.79. The lowest BCUT2D eigenvalue weighted by Crippen LogP contribution is -2.23. The molecule has 0 amide bonds. The van der Waals surface area contributed by atoms with Gasteiger partial charge in [0, 0.05) is 18.3 Å². The Kier molecular flexibility index (Phi) is 3.19. The summed E-state index contributed by atoms with van der Waals surface area (Å²) < 4.78 is 1.91. The Balaban J connectivity index is 1.68. The largest absolute Gasteiger partial charge is 0.365 e. The normalized spacial score (nSPS) is 18.0. The van der Waals surface area contributed by atoms with Gasteiger partial charge in [0.2, 0.25) is 0 Å². The van der Waals surface area contributed by atoms with E-state index < -0.39 is 0 Å². The molecule has 4 rings (SSSR count). The number of hydrogen-bond acceptors (Lipinski definition) is 6. The molecule has 1 saturated heterocycles. The molecular formula is C15H17N7. The van der Waals surface area contributed by atoms with Crippen molar-refractivity contribution in [2.75, 3.05) is 18.4 Å². The SMILES string of the molecule is Cc1cc2ncn(-c3cncc(N[C@@H]4CCNC4)n3)c2cn1. The van der Waals surface area contributed by atoms with Gasteiger partial charge in [0.05, 0.1) is 29.6 Å². The van der Waals surface area contributed by atoms with E-state index in [1.165, 1.54) is 0 Å². The van der Waals surface area contributed by atoms with Gasteiger partial charge in [-0.1, -0.05) is 0 Å². The molecule has 7 nitrogen and oxygen atoms in total.